The molecule has 1 aromatic heterocycles. The van der Waals surface area contributed by atoms with Crippen molar-refractivity contribution >= 4 is 11.8 Å². The number of thioether (sulfide) groups is 1. The number of rotatable bonds is 4. The number of aryl methyl sites for hydroxylation is 1. The fourth-order valence-corrected chi connectivity index (χ4v) is 2.99. The Morgan fingerprint density at radius 2 is 2.40 bits per heavy atom. The Bertz CT molecular complexity index is 297. The molecule has 0 spiro atoms. The molecule has 84 valence electrons. The molecular formula is C10H17N3OS. The van der Waals surface area contributed by atoms with Crippen LogP contribution in [0, 0.1) is 6.92 Å². The van der Waals surface area contributed by atoms with Gasteiger partial charge in [0.25, 0.3) is 0 Å². The third kappa shape index (κ3) is 3.50. The van der Waals surface area contributed by atoms with Crippen molar-refractivity contribution < 1.29 is 4.42 Å². The van der Waals surface area contributed by atoms with Crippen molar-refractivity contribution in [3.05, 3.63) is 11.8 Å². The summed E-state index contributed by atoms with van der Waals surface area (Å²) < 4.78 is 5.28. The third-order valence-corrected chi connectivity index (χ3v) is 3.89. The van der Waals surface area contributed by atoms with Gasteiger partial charge < -0.3 is 9.73 Å². The summed E-state index contributed by atoms with van der Waals surface area (Å²) in [6.45, 7) is 3.55. The largest absolute Gasteiger partial charge is 0.424 e. The first-order chi connectivity index (χ1) is 7.34. The molecule has 15 heavy (non-hydrogen) atoms. The lowest BCUT2D eigenvalue weighted by Crippen LogP contribution is -2.26. The van der Waals surface area contributed by atoms with Crippen LogP contribution in [0.2, 0.25) is 0 Å². The van der Waals surface area contributed by atoms with Crippen LogP contribution in [0.1, 0.15) is 31.0 Å². The quantitative estimate of drug-likeness (QED) is 0.849. The summed E-state index contributed by atoms with van der Waals surface area (Å²) in [7, 11) is 0. The topological polar surface area (TPSA) is 51.0 Å². The lowest BCUT2D eigenvalue weighted by molar-refractivity contribution is 0.444. The summed E-state index contributed by atoms with van der Waals surface area (Å²) in [6.07, 6.45) is 4.09. The Morgan fingerprint density at radius 1 is 1.47 bits per heavy atom. The third-order valence-electron chi connectivity index (χ3n) is 2.49. The van der Waals surface area contributed by atoms with Crippen LogP contribution < -0.4 is 5.32 Å². The molecule has 2 heterocycles. The maximum absolute atomic E-state index is 5.28. The highest BCUT2D eigenvalue weighted by atomic mass is 32.2. The molecule has 4 nitrogen and oxygen atoms in total. The molecule has 0 amide bonds. The van der Waals surface area contributed by atoms with Crippen molar-refractivity contribution in [2.24, 2.45) is 0 Å². The maximum atomic E-state index is 5.28. The van der Waals surface area contributed by atoms with Crippen molar-refractivity contribution in [3.8, 4) is 0 Å². The highest BCUT2D eigenvalue weighted by Crippen LogP contribution is 2.24. The zero-order valence-corrected chi connectivity index (χ0v) is 9.85. The number of nitrogens with one attached hydrogen (secondary N) is 1. The fraction of sp³-hybridized carbons (Fsp3) is 0.800. The Hall–Kier alpha value is -0.550. The van der Waals surface area contributed by atoms with E-state index < -0.39 is 0 Å². The minimum absolute atomic E-state index is 0.638. The summed E-state index contributed by atoms with van der Waals surface area (Å²) in [5, 5.41) is 11.9. The van der Waals surface area contributed by atoms with Crippen molar-refractivity contribution in [1.82, 2.24) is 15.5 Å². The van der Waals surface area contributed by atoms with E-state index in [9.17, 15) is 0 Å². The van der Waals surface area contributed by atoms with Crippen molar-refractivity contribution in [2.45, 2.75) is 38.0 Å². The number of hydrogen-bond donors (Lipinski definition) is 1. The van der Waals surface area contributed by atoms with Crippen molar-refractivity contribution in [2.75, 3.05) is 12.3 Å². The molecule has 1 aromatic rings. The van der Waals surface area contributed by atoms with E-state index in [0.29, 0.717) is 18.3 Å². The zero-order chi connectivity index (χ0) is 10.5. The van der Waals surface area contributed by atoms with Crippen LogP contribution in [0.15, 0.2) is 4.42 Å². The van der Waals surface area contributed by atoms with E-state index in [2.05, 4.69) is 27.3 Å². The highest BCUT2D eigenvalue weighted by molar-refractivity contribution is 7.99. The summed E-state index contributed by atoms with van der Waals surface area (Å²) in [4.78, 5) is 0. The minimum atomic E-state index is 0.638. The molecule has 0 aromatic carbocycles. The Labute approximate surface area is 94.2 Å². The van der Waals surface area contributed by atoms with Crippen LogP contribution in [0.5, 0.6) is 0 Å². The number of nitrogens with zero attached hydrogens (tertiary/aromatic N) is 2. The molecular weight excluding hydrogens is 210 g/mol. The van der Waals surface area contributed by atoms with E-state index in [0.717, 1.165) is 11.8 Å². The molecule has 5 heteroatoms. The van der Waals surface area contributed by atoms with E-state index in [1.807, 2.05) is 6.92 Å². The SMILES string of the molecule is Cc1nnc(CNCC2CCCCS2)o1. The molecule has 1 unspecified atom stereocenters. The van der Waals surface area contributed by atoms with Crippen LogP contribution in [-0.2, 0) is 6.54 Å². The van der Waals surface area contributed by atoms with E-state index in [-0.39, 0.29) is 0 Å². The number of aromatic nitrogens is 2. The lowest BCUT2D eigenvalue weighted by Gasteiger charge is -2.20. The first-order valence-electron chi connectivity index (χ1n) is 5.46. The average molecular weight is 227 g/mol. The molecule has 0 saturated carbocycles. The van der Waals surface area contributed by atoms with Gasteiger partial charge in [0.2, 0.25) is 11.8 Å². The summed E-state index contributed by atoms with van der Waals surface area (Å²) in [6, 6.07) is 0. The van der Waals surface area contributed by atoms with Crippen LogP contribution in [0.3, 0.4) is 0 Å². The van der Waals surface area contributed by atoms with Gasteiger partial charge in [0, 0.05) is 18.7 Å². The van der Waals surface area contributed by atoms with Gasteiger partial charge >= 0.3 is 0 Å². The van der Waals surface area contributed by atoms with Gasteiger partial charge in [-0.3, -0.25) is 0 Å². The van der Waals surface area contributed by atoms with Gasteiger partial charge in [-0.25, -0.2) is 0 Å². The smallest absolute Gasteiger partial charge is 0.230 e. The van der Waals surface area contributed by atoms with Crippen molar-refractivity contribution in [1.29, 1.82) is 0 Å². The molecule has 2 rings (SSSR count). The van der Waals surface area contributed by atoms with Gasteiger partial charge in [-0.05, 0) is 18.6 Å². The maximum Gasteiger partial charge on any atom is 0.230 e. The van der Waals surface area contributed by atoms with Crippen molar-refractivity contribution in [3.63, 3.8) is 0 Å². The van der Waals surface area contributed by atoms with Gasteiger partial charge in [-0.1, -0.05) is 6.42 Å². The first-order valence-corrected chi connectivity index (χ1v) is 6.51. The predicted octanol–water partition coefficient (Wildman–Crippen LogP) is 1.75. The highest BCUT2D eigenvalue weighted by Gasteiger charge is 2.13. The van der Waals surface area contributed by atoms with Gasteiger partial charge in [0.1, 0.15) is 0 Å². The second kappa shape index (κ2) is 5.51. The van der Waals surface area contributed by atoms with Crippen LogP contribution in [-0.4, -0.2) is 27.7 Å². The van der Waals surface area contributed by atoms with E-state index in [1.165, 1.54) is 25.0 Å². The number of hydrogen-bond acceptors (Lipinski definition) is 5. The van der Waals surface area contributed by atoms with E-state index in [1.54, 1.807) is 0 Å². The lowest BCUT2D eigenvalue weighted by atomic mass is 10.2. The van der Waals surface area contributed by atoms with E-state index >= 15 is 0 Å². The first kappa shape index (κ1) is 11.0. The Balaban J connectivity index is 1.65. The second-order valence-electron chi connectivity index (χ2n) is 3.83. The van der Waals surface area contributed by atoms with Gasteiger partial charge in [-0.2, -0.15) is 11.8 Å². The predicted molar refractivity (Wildman–Crippen MR) is 60.8 cm³/mol. The zero-order valence-electron chi connectivity index (χ0n) is 9.03. The normalized spacial score (nSPS) is 21.8. The summed E-state index contributed by atoms with van der Waals surface area (Å²) >= 11 is 2.07. The molecule has 1 aliphatic heterocycles. The Morgan fingerprint density at radius 3 is 3.07 bits per heavy atom. The van der Waals surface area contributed by atoms with Crippen LogP contribution >= 0.6 is 11.8 Å². The molecule has 0 aliphatic carbocycles. The molecule has 0 bridgehead atoms. The molecule has 1 fully saturated rings. The minimum Gasteiger partial charge on any atom is -0.424 e. The van der Waals surface area contributed by atoms with Crippen LogP contribution in [0.25, 0.3) is 0 Å². The molecule has 0 radical (unpaired) electrons. The fourth-order valence-electron chi connectivity index (χ4n) is 1.72. The standard InChI is InChI=1S/C10H17N3OS/c1-8-12-13-10(14-8)7-11-6-9-4-2-3-5-15-9/h9,11H,2-7H2,1H3. The van der Waals surface area contributed by atoms with Crippen LogP contribution in [0.4, 0.5) is 0 Å². The molecule has 1 atom stereocenters. The summed E-state index contributed by atoms with van der Waals surface area (Å²) in [5.74, 6) is 2.64. The Kier molecular flexibility index (Phi) is 4.02. The van der Waals surface area contributed by atoms with Gasteiger partial charge in [0.15, 0.2) is 0 Å². The van der Waals surface area contributed by atoms with E-state index in [4.69, 9.17) is 4.42 Å². The molecule has 1 saturated heterocycles. The van der Waals surface area contributed by atoms with Gasteiger partial charge in [-0.15, -0.1) is 10.2 Å². The second-order valence-corrected chi connectivity index (χ2v) is 5.24. The molecule has 1 aliphatic rings. The summed E-state index contributed by atoms with van der Waals surface area (Å²) in [5.41, 5.74) is 0. The monoisotopic (exact) mass is 227 g/mol. The average Bonchev–Trinajstić information content (AvgIpc) is 2.66. The molecule has 1 N–H and O–H groups in total. The van der Waals surface area contributed by atoms with Gasteiger partial charge in [0.05, 0.1) is 6.54 Å².